The molecule has 1 aliphatic heterocycles. The number of aliphatic hydroxyl groups is 1. The summed E-state index contributed by atoms with van der Waals surface area (Å²) in [7, 11) is 1.35. The summed E-state index contributed by atoms with van der Waals surface area (Å²) in [5.74, 6) is 0.345. The summed E-state index contributed by atoms with van der Waals surface area (Å²) >= 11 is 0. The zero-order valence-corrected chi connectivity index (χ0v) is 19.9. The largest absolute Gasteiger partial charge is 0.489 e. The molecule has 2 N–H and O–H groups in total. The molecule has 0 saturated heterocycles. The minimum Gasteiger partial charge on any atom is -0.489 e. The molecule has 180 valence electrons. The lowest BCUT2D eigenvalue weighted by Gasteiger charge is -2.33. The Morgan fingerprint density at radius 3 is 2.60 bits per heavy atom. The van der Waals surface area contributed by atoms with E-state index in [1.807, 2.05) is 30.3 Å². The number of hydrogen-bond donors (Lipinski definition) is 2. The van der Waals surface area contributed by atoms with Gasteiger partial charge in [0.05, 0.1) is 0 Å². The van der Waals surface area contributed by atoms with Crippen LogP contribution < -0.4 is 10.1 Å². The first-order chi connectivity index (χ1) is 17.0. The van der Waals surface area contributed by atoms with E-state index in [1.54, 1.807) is 6.07 Å². The highest BCUT2D eigenvalue weighted by molar-refractivity contribution is 5.86. The van der Waals surface area contributed by atoms with Gasteiger partial charge in [0, 0.05) is 36.7 Å². The van der Waals surface area contributed by atoms with E-state index >= 15 is 0 Å². The Kier molecular flexibility index (Phi) is 6.82. The summed E-state index contributed by atoms with van der Waals surface area (Å²) < 4.78 is 26.0. The Hall–Kier alpha value is -3.25. The van der Waals surface area contributed by atoms with Crippen LogP contribution in [0.25, 0.3) is 10.8 Å². The van der Waals surface area contributed by atoms with E-state index in [0.717, 1.165) is 23.3 Å². The Balaban J connectivity index is 1.36. The van der Waals surface area contributed by atoms with Gasteiger partial charge in [-0.3, -0.25) is 0 Å². The van der Waals surface area contributed by atoms with E-state index in [2.05, 4.69) is 54.7 Å². The van der Waals surface area contributed by atoms with Crippen LogP contribution in [0.15, 0.2) is 84.9 Å². The fourth-order valence-corrected chi connectivity index (χ4v) is 5.07. The van der Waals surface area contributed by atoms with E-state index < -0.39 is 12.1 Å². The normalized spacial score (nSPS) is 19.1. The predicted molar refractivity (Wildman–Crippen MR) is 136 cm³/mol. The van der Waals surface area contributed by atoms with Crippen LogP contribution in [0.5, 0.6) is 5.75 Å². The lowest BCUT2D eigenvalue weighted by Crippen LogP contribution is -2.37. The molecule has 4 nitrogen and oxygen atoms in total. The van der Waals surface area contributed by atoms with Crippen LogP contribution in [0, 0.1) is 5.82 Å². The van der Waals surface area contributed by atoms with Crippen molar-refractivity contribution < 1.29 is 19.0 Å². The number of rotatable bonds is 7. The maximum atomic E-state index is 14.8. The van der Waals surface area contributed by atoms with Gasteiger partial charge in [0.1, 0.15) is 17.7 Å². The van der Waals surface area contributed by atoms with Crippen molar-refractivity contribution in [3.63, 3.8) is 0 Å². The molecule has 0 fully saturated rings. The maximum Gasteiger partial charge on any atom is 0.183 e. The van der Waals surface area contributed by atoms with Crippen molar-refractivity contribution in [3.8, 4) is 5.75 Å². The standard InChI is InChI=1S/C30H30FNO3/c1-19(23-12-7-9-20-8-3-4-10-24(20)23)32-18-22-17-27(25-11-5-6-13-29(25)35-22)21-14-15-26(28(31)16-21)30(33)34-2/h3-16,19,22,27,30,32-33H,17-18H2,1-2H3. The summed E-state index contributed by atoms with van der Waals surface area (Å²) in [4.78, 5) is 0. The second-order valence-corrected chi connectivity index (χ2v) is 9.13. The van der Waals surface area contributed by atoms with E-state index in [1.165, 1.54) is 29.5 Å². The molecule has 0 radical (unpaired) electrons. The van der Waals surface area contributed by atoms with Crippen molar-refractivity contribution in [2.75, 3.05) is 13.7 Å². The number of halogens is 1. The van der Waals surface area contributed by atoms with Crippen LogP contribution in [-0.4, -0.2) is 24.9 Å². The fraction of sp³-hybridized carbons (Fsp3) is 0.267. The molecule has 4 aromatic carbocycles. The number of ether oxygens (including phenoxy) is 2. The molecule has 5 heteroatoms. The summed E-state index contributed by atoms with van der Waals surface area (Å²) in [6.45, 7) is 2.84. The third-order valence-corrected chi connectivity index (χ3v) is 6.94. The minimum atomic E-state index is -1.28. The van der Waals surface area contributed by atoms with Crippen LogP contribution in [-0.2, 0) is 4.74 Å². The molecule has 4 atom stereocenters. The van der Waals surface area contributed by atoms with Gasteiger partial charge >= 0.3 is 0 Å². The van der Waals surface area contributed by atoms with Crippen molar-refractivity contribution in [3.05, 3.63) is 113 Å². The van der Waals surface area contributed by atoms with Crippen molar-refractivity contribution in [1.29, 1.82) is 0 Å². The van der Waals surface area contributed by atoms with Crippen molar-refractivity contribution >= 4 is 10.8 Å². The lowest BCUT2D eigenvalue weighted by molar-refractivity contribution is -0.0790. The third-order valence-electron chi connectivity index (χ3n) is 6.94. The number of para-hydroxylation sites is 1. The molecule has 5 rings (SSSR count). The number of fused-ring (bicyclic) bond motifs is 2. The molecule has 0 saturated carbocycles. The summed E-state index contributed by atoms with van der Waals surface area (Å²) in [6, 6.07) is 27.9. The van der Waals surface area contributed by atoms with Gasteiger partial charge in [-0.15, -0.1) is 0 Å². The molecule has 35 heavy (non-hydrogen) atoms. The van der Waals surface area contributed by atoms with Gasteiger partial charge in [-0.25, -0.2) is 4.39 Å². The van der Waals surface area contributed by atoms with E-state index in [0.29, 0.717) is 6.54 Å². The van der Waals surface area contributed by atoms with Crippen LogP contribution >= 0.6 is 0 Å². The van der Waals surface area contributed by atoms with E-state index in [-0.39, 0.29) is 23.6 Å². The molecule has 0 bridgehead atoms. The number of methoxy groups -OCH3 is 1. The summed E-state index contributed by atoms with van der Waals surface area (Å²) in [6.07, 6.45) is -0.629. The zero-order chi connectivity index (χ0) is 24.4. The number of nitrogens with one attached hydrogen (secondary N) is 1. The van der Waals surface area contributed by atoms with Crippen molar-refractivity contribution in [2.45, 2.75) is 37.7 Å². The summed E-state index contributed by atoms with van der Waals surface area (Å²) in [5.41, 5.74) is 3.30. The molecule has 0 aromatic heterocycles. The second kappa shape index (κ2) is 10.2. The molecule has 4 unspecified atom stereocenters. The molecule has 1 heterocycles. The Morgan fingerprint density at radius 2 is 1.77 bits per heavy atom. The number of aliphatic hydroxyl groups excluding tert-OH is 1. The van der Waals surface area contributed by atoms with Gasteiger partial charge in [-0.2, -0.15) is 0 Å². The van der Waals surface area contributed by atoms with E-state index in [9.17, 15) is 9.50 Å². The number of benzene rings is 4. The Bertz CT molecular complexity index is 1320. The fourth-order valence-electron chi connectivity index (χ4n) is 5.07. The molecular formula is C30H30FNO3. The average Bonchev–Trinajstić information content (AvgIpc) is 2.90. The Morgan fingerprint density at radius 1 is 1.00 bits per heavy atom. The van der Waals surface area contributed by atoms with Crippen molar-refractivity contribution in [1.82, 2.24) is 5.32 Å². The quantitative estimate of drug-likeness (QED) is 0.313. The molecule has 1 aliphatic rings. The van der Waals surface area contributed by atoms with Gasteiger partial charge in [0.25, 0.3) is 0 Å². The van der Waals surface area contributed by atoms with Gasteiger partial charge < -0.3 is 19.9 Å². The molecule has 0 spiro atoms. The third kappa shape index (κ3) is 4.80. The first-order valence-electron chi connectivity index (χ1n) is 12.0. The highest BCUT2D eigenvalue weighted by Gasteiger charge is 2.30. The molecule has 0 amide bonds. The minimum absolute atomic E-state index is 0.0113. The smallest absolute Gasteiger partial charge is 0.183 e. The van der Waals surface area contributed by atoms with Crippen molar-refractivity contribution in [2.24, 2.45) is 0 Å². The zero-order valence-electron chi connectivity index (χ0n) is 19.9. The Labute approximate surface area is 205 Å². The summed E-state index contributed by atoms with van der Waals surface area (Å²) in [5, 5.41) is 16.0. The monoisotopic (exact) mass is 471 g/mol. The first kappa shape index (κ1) is 23.5. The van der Waals surface area contributed by atoms with Crippen LogP contribution in [0.2, 0.25) is 0 Å². The van der Waals surface area contributed by atoms with Crippen LogP contribution in [0.3, 0.4) is 0 Å². The predicted octanol–water partition coefficient (Wildman–Crippen LogP) is 6.25. The highest BCUT2D eigenvalue weighted by Crippen LogP contribution is 2.41. The van der Waals surface area contributed by atoms with Gasteiger partial charge in [0.15, 0.2) is 6.29 Å². The van der Waals surface area contributed by atoms with E-state index in [4.69, 9.17) is 9.47 Å². The first-order valence-corrected chi connectivity index (χ1v) is 12.0. The second-order valence-electron chi connectivity index (χ2n) is 9.13. The molecule has 0 aliphatic carbocycles. The number of hydrogen-bond acceptors (Lipinski definition) is 4. The maximum absolute atomic E-state index is 14.8. The van der Waals surface area contributed by atoms with Gasteiger partial charge in [-0.05, 0) is 47.4 Å². The van der Waals surface area contributed by atoms with Gasteiger partial charge in [-0.1, -0.05) is 72.8 Å². The van der Waals surface area contributed by atoms with Gasteiger partial charge in [0.2, 0.25) is 0 Å². The molecular weight excluding hydrogens is 441 g/mol. The SMILES string of the molecule is COC(O)c1ccc(C2CC(CNC(C)c3cccc4ccccc34)Oc3ccccc32)cc1F. The van der Waals surface area contributed by atoms with Crippen LogP contribution in [0.1, 0.15) is 53.8 Å². The average molecular weight is 472 g/mol. The highest BCUT2D eigenvalue weighted by atomic mass is 19.1. The molecule has 4 aromatic rings. The van der Waals surface area contributed by atoms with Crippen LogP contribution in [0.4, 0.5) is 4.39 Å². The topological polar surface area (TPSA) is 50.7 Å². The lowest BCUT2D eigenvalue weighted by atomic mass is 9.83.